The summed E-state index contributed by atoms with van der Waals surface area (Å²) in [5.41, 5.74) is 1.53. The van der Waals surface area contributed by atoms with Gasteiger partial charge in [0, 0.05) is 11.8 Å². The molecule has 0 saturated heterocycles. The molecule has 0 aromatic heterocycles. The Morgan fingerprint density at radius 3 is 2.65 bits per heavy atom. The van der Waals surface area contributed by atoms with Gasteiger partial charge in [-0.05, 0) is 36.6 Å². The molecular weight excluding hydrogens is 328 g/mol. The first kappa shape index (κ1) is 19.6. The number of hydrogen-bond acceptors (Lipinski definition) is 4. The van der Waals surface area contributed by atoms with Crippen molar-refractivity contribution in [2.75, 3.05) is 30.4 Å². The van der Waals surface area contributed by atoms with Gasteiger partial charge in [-0.25, -0.2) is 0 Å². The number of benzene rings is 2. The molecule has 5 heteroatoms. The standard InChI is InChI=1S/C21H28N2O3/c1-4-12-25-18-9-7-8-17(13-18)22-14-21(24)23-19-10-5-6-11-20(19)26-15-16(2)3/h5-11,13,16,22H,4,12,14-15H2,1-3H3,(H,23,24). The van der Waals surface area contributed by atoms with E-state index in [1.807, 2.05) is 48.5 Å². The zero-order valence-electron chi connectivity index (χ0n) is 15.7. The Balaban J connectivity index is 1.89. The lowest BCUT2D eigenvalue weighted by atomic mass is 10.2. The van der Waals surface area contributed by atoms with Crippen LogP contribution in [0.5, 0.6) is 11.5 Å². The van der Waals surface area contributed by atoms with Crippen LogP contribution in [0.15, 0.2) is 48.5 Å². The van der Waals surface area contributed by atoms with Crippen LogP contribution >= 0.6 is 0 Å². The van der Waals surface area contributed by atoms with Gasteiger partial charge in [0.15, 0.2) is 0 Å². The Morgan fingerprint density at radius 1 is 1.08 bits per heavy atom. The van der Waals surface area contributed by atoms with Gasteiger partial charge in [-0.2, -0.15) is 0 Å². The fourth-order valence-corrected chi connectivity index (χ4v) is 2.24. The van der Waals surface area contributed by atoms with Gasteiger partial charge in [-0.1, -0.05) is 39.0 Å². The first-order valence-corrected chi connectivity index (χ1v) is 9.07. The maximum atomic E-state index is 12.3. The minimum atomic E-state index is -0.134. The van der Waals surface area contributed by atoms with Crippen LogP contribution in [-0.2, 0) is 4.79 Å². The number of amides is 1. The van der Waals surface area contributed by atoms with E-state index in [1.165, 1.54) is 0 Å². The van der Waals surface area contributed by atoms with Crippen LogP contribution in [0.1, 0.15) is 27.2 Å². The SMILES string of the molecule is CCCOc1cccc(NCC(=O)Nc2ccccc2OCC(C)C)c1. The highest BCUT2D eigenvalue weighted by molar-refractivity contribution is 5.95. The fourth-order valence-electron chi connectivity index (χ4n) is 2.24. The zero-order chi connectivity index (χ0) is 18.8. The minimum absolute atomic E-state index is 0.134. The summed E-state index contributed by atoms with van der Waals surface area (Å²) < 4.78 is 11.4. The van der Waals surface area contributed by atoms with Gasteiger partial charge in [0.25, 0.3) is 0 Å². The second-order valence-electron chi connectivity index (χ2n) is 6.48. The second kappa shape index (κ2) is 10.3. The van der Waals surface area contributed by atoms with E-state index >= 15 is 0 Å². The molecule has 0 aliphatic heterocycles. The lowest BCUT2D eigenvalue weighted by Crippen LogP contribution is -2.22. The molecule has 0 radical (unpaired) electrons. The third kappa shape index (κ3) is 6.67. The number of carbonyl (C=O) groups excluding carboxylic acids is 1. The lowest BCUT2D eigenvalue weighted by Gasteiger charge is -2.14. The van der Waals surface area contributed by atoms with Crippen LogP contribution in [-0.4, -0.2) is 25.7 Å². The first-order valence-electron chi connectivity index (χ1n) is 9.07. The van der Waals surface area contributed by atoms with Gasteiger partial charge in [0.1, 0.15) is 11.5 Å². The Morgan fingerprint density at radius 2 is 1.88 bits per heavy atom. The van der Waals surface area contributed by atoms with E-state index in [0.29, 0.717) is 30.6 Å². The molecule has 0 fully saturated rings. The fraction of sp³-hybridized carbons (Fsp3) is 0.381. The molecule has 0 unspecified atom stereocenters. The van der Waals surface area contributed by atoms with Crippen molar-refractivity contribution in [1.82, 2.24) is 0 Å². The van der Waals surface area contributed by atoms with Crippen molar-refractivity contribution in [3.05, 3.63) is 48.5 Å². The average Bonchev–Trinajstić information content (AvgIpc) is 2.64. The van der Waals surface area contributed by atoms with E-state index in [-0.39, 0.29) is 12.5 Å². The molecule has 2 aromatic rings. The number of carbonyl (C=O) groups is 1. The Hall–Kier alpha value is -2.69. The number of hydrogen-bond donors (Lipinski definition) is 2. The number of ether oxygens (including phenoxy) is 2. The first-order chi connectivity index (χ1) is 12.6. The molecule has 0 saturated carbocycles. The Labute approximate surface area is 155 Å². The molecule has 2 N–H and O–H groups in total. The summed E-state index contributed by atoms with van der Waals surface area (Å²) in [4.78, 5) is 12.3. The monoisotopic (exact) mass is 356 g/mol. The topological polar surface area (TPSA) is 59.6 Å². The van der Waals surface area contributed by atoms with Gasteiger partial charge in [-0.15, -0.1) is 0 Å². The van der Waals surface area contributed by atoms with Crippen molar-refractivity contribution >= 4 is 17.3 Å². The summed E-state index contributed by atoms with van der Waals surface area (Å²) in [6, 6.07) is 15.1. The van der Waals surface area contributed by atoms with Gasteiger partial charge in [-0.3, -0.25) is 4.79 Å². The maximum absolute atomic E-state index is 12.3. The predicted molar refractivity (Wildman–Crippen MR) is 106 cm³/mol. The highest BCUT2D eigenvalue weighted by Crippen LogP contribution is 2.24. The molecule has 140 valence electrons. The smallest absolute Gasteiger partial charge is 0.243 e. The van der Waals surface area contributed by atoms with Crippen molar-refractivity contribution < 1.29 is 14.3 Å². The molecule has 0 aliphatic carbocycles. The largest absolute Gasteiger partial charge is 0.494 e. The van der Waals surface area contributed by atoms with E-state index in [1.54, 1.807) is 0 Å². The molecule has 2 rings (SSSR count). The van der Waals surface area contributed by atoms with Crippen LogP contribution < -0.4 is 20.1 Å². The van der Waals surface area contributed by atoms with E-state index in [0.717, 1.165) is 17.9 Å². The second-order valence-corrected chi connectivity index (χ2v) is 6.48. The van der Waals surface area contributed by atoms with Crippen molar-refractivity contribution in [2.24, 2.45) is 5.92 Å². The van der Waals surface area contributed by atoms with Gasteiger partial charge >= 0.3 is 0 Å². The zero-order valence-corrected chi connectivity index (χ0v) is 15.7. The summed E-state index contributed by atoms with van der Waals surface area (Å²) >= 11 is 0. The van der Waals surface area contributed by atoms with Crippen LogP contribution in [0.4, 0.5) is 11.4 Å². The third-order valence-electron chi connectivity index (χ3n) is 3.49. The van der Waals surface area contributed by atoms with Crippen LogP contribution in [0, 0.1) is 5.92 Å². The van der Waals surface area contributed by atoms with Gasteiger partial charge in [0.2, 0.25) is 5.91 Å². The summed E-state index contributed by atoms with van der Waals surface area (Å²) in [7, 11) is 0. The van der Waals surface area contributed by atoms with Crippen LogP contribution in [0.3, 0.4) is 0 Å². The molecular formula is C21H28N2O3. The summed E-state index contributed by atoms with van der Waals surface area (Å²) in [6.45, 7) is 7.69. The highest BCUT2D eigenvalue weighted by atomic mass is 16.5. The van der Waals surface area contributed by atoms with E-state index < -0.39 is 0 Å². The molecule has 0 bridgehead atoms. The predicted octanol–water partition coefficient (Wildman–Crippen LogP) is 4.56. The quantitative estimate of drug-likeness (QED) is 0.655. The average molecular weight is 356 g/mol. The minimum Gasteiger partial charge on any atom is -0.494 e. The Bertz CT molecular complexity index is 701. The molecule has 2 aromatic carbocycles. The van der Waals surface area contributed by atoms with Gasteiger partial charge in [0.05, 0.1) is 25.4 Å². The third-order valence-corrected chi connectivity index (χ3v) is 3.49. The van der Waals surface area contributed by atoms with Crippen LogP contribution in [0.25, 0.3) is 0 Å². The van der Waals surface area contributed by atoms with Crippen molar-refractivity contribution in [1.29, 1.82) is 0 Å². The molecule has 0 spiro atoms. The molecule has 26 heavy (non-hydrogen) atoms. The summed E-state index contributed by atoms with van der Waals surface area (Å²) in [5, 5.41) is 6.01. The lowest BCUT2D eigenvalue weighted by molar-refractivity contribution is -0.114. The molecule has 5 nitrogen and oxygen atoms in total. The van der Waals surface area contributed by atoms with Crippen LogP contribution in [0.2, 0.25) is 0 Å². The van der Waals surface area contributed by atoms with Crippen molar-refractivity contribution in [3.63, 3.8) is 0 Å². The van der Waals surface area contributed by atoms with Crippen molar-refractivity contribution in [3.8, 4) is 11.5 Å². The molecule has 0 atom stereocenters. The number of anilines is 2. The van der Waals surface area contributed by atoms with Crippen molar-refractivity contribution in [2.45, 2.75) is 27.2 Å². The molecule has 0 aliphatic rings. The molecule has 1 amide bonds. The van der Waals surface area contributed by atoms with E-state index in [4.69, 9.17) is 9.47 Å². The van der Waals surface area contributed by atoms with Gasteiger partial charge < -0.3 is 20.1 Å². The van der Waals surface area contributed by atoms with E-state index in [2.05, 4.69) is 31.4 Å². The van der Waals surface area contributed by atoms with E-state index in [9.17, 15) is 4.79 Å². The number of nitrogens with one attached hydrogen (secondary N) is 2. The maximum Gasteiger partial charge on any atom is 0.243 e. The summed E-state index contributed by atoms with van der Waals surface area (Å²) in [6.07, 6.45) is 0.957. The Kier molecular flexibility index (Phi) is 7.80. The molecule has 0 heterocycles. The number of para-hydroxylation sites is 2. The highest BCUT2D eigenvalue weighted by Gasteiger charge is 2.08. The normalized spacial score (nSPS) is 10.5. The number of rotatable bonds is 10. The summed E-state index contributed by atoms with van der Waals surface area (Å²) in [5.74, 6) is 1.77.